The van der Waals surface area contributed by atoms with Crippen molar-refractivity contribution in [2.75, 3.05) is 0 Å². The zero-order valence-corrected chi connectivity index (χ0v) is 34.1. The average molecular weight is 717 g/mol. The second-order valence-corrected chi connectivity index (χ2v) is 20.1. The summed E-state index contributed by atoms with van der Waals surface area (Å²) in [5, 5.41) is 11.3. The van der Waals surface area contributed by atoms with E-state index in [-0.39, 0.29) is 52.0 Å². The number of hydrogen-bond donors (Lipinski definition) is 1. The molecule has 1 N–H and O–H groups in total. The number of carbonyl (C=O) groups is 4. The van der Waals surface area contributed by atoms with Gasteiger partial charge in [-0.3, -0.25) is 19.2 Å². The summed E-state index contributed by atoms with van der Waals surface area (Å²) in [7, 11) is 0. The van der Waals surface area contributed by atoms with E-state index in [1.807, 2.05) is 13.8 Å². The molecule has 0 amide bonds. The molecule has 5 rings (SSSR count). The van der Waals surface area contributed by atoms with E-state index in [9.17, 15) is 24.3 Å². The number of epoxide rings is 1. The number of aliphatic hydroxyl groups is 1. The summed E-state index contributed by atoms with van der Waals surface area (Å²) in [5.74, 6) is -1.79. The molecule has 290 valence electrons. The normalized spacial score (nSPS) is 40.0. The molecule has 1 heterocycles. The minimum absolute atomic E-state index is 0.0551. The first-order chi connectivity index (χ1) is 23.3. The van der Waals surface area contributed by atoms with Crippen LogP contribution in [0.4, 0.5) is 0 Å². The topological polar surface area (TPSA) is 129 Å². The van der Waals surface area contributed by atoms with Gasteiger partial charge < -0.3 is 24.1 Å². The molecule has 5 aliphatic rings. The molecule has 51 heavy (non-hydrogen) atoms. The fraction of sp³-hybridized carbons (Fsp3) is 0.905. The minimum atomic E-state index is -1.49. The first-order valence-corrected chi connectivity index (χ1v) is 19.8. The second kappa shape index (κ2) is 12.8. The third kappa shape index (κ3) is 5.92. The van der Waals surface area contributed by atoms with Gasteiger partial charge in [0.1, 0.15) is 29.2 Å². The number of ether oxygens (including phenoxy) is 4. The van der Waals surface area contributed by atoms with Gasteiger partial charge in [-0.05, 0) is 75.0 Å². The number of fused-ring (bicyclic) bond motifs is 4. The first-order valence-electron chi connectivity index (χ1n) is 19.8. The number of esters is 3. The number of Topliss-reactive ketones (excluding diaryl/α,β-unsaturated/α-hetero) is 1. The summed E-state index contributed by atoms with van der Waals surface area (Å²) in [6.45, 7) is 27.4. The van der Waals surface area contributed by atoms with Crippen LogP contribution in [0, 0.1) is 57.2 Å². The molecule has 0 bridgehead atoms. The number of carbonyl (C=O) groups excluding carboxylic acids is 4. The lowest BCUT2D eigenvalue weighted by Crippen LogP contribution is -2.69. The molecular weight excluding hydrogens is 648 g/mol. The van der Waals surface area contributed by atoms with E-state index >= 15 is 0 Å². The van der Waals surface area contributed by atoms with Crippen molar-refractivity contribution < 1.29 is 43.2 Å². The summed E-state index contributed by atoms with van der Waals surface area (Å²) in [5.41, 5.74) is -3.77. The van der Waals surface area contributed by atoms with Gasteiger partial charge in [0.2, 0.25) is 0 Å². The van der Waals surface area contributed by atoms with Crippen LogP contribution in [0.3, 0.4) is 0 Å². The number of hydrogen-bond acceptors (Lipinski definition) is 9. The van der Waals surface area contributed by atoms with E-state index < -0.39 is 58.2 Å². The molecular formula is C42H68O9. The molecule has 5 fully saturated rings. The summed E-state index contributed by atoms with van der Waals surface area (Å²) in [6, 6.07) is 0. The predicted molar refractivity (Wildman–Crippen MR) is 193 cm³/mol. The first kappa shape index (κ1) is 40.2. The average Bonchev–Trinajstić information content (AvgIpc) is 3.59. The van der Waals surface area contributed by atoms with Crippen LogP contribution in [-0.2, 0) is 38.1 Å². The zero-order chi connectivity index (χ0) is 38.5. The molecule has 11 atom stereocenters. The van der Waals surface area contributed by atoms with Gasteiger partial charge in [-0.15, -0.1) is 0 Å². The monoisotopic (exact) mass is 716 g/mol. The van der Waals surface area contributed by atoms with E-state index in [0.29, 0.717) is 25.0 Å². The smallest absolute Gasteiger partial charge is 0.308 e. The fourth-order valence-electron chi connectivity index (χ4n) is 12.2. The zero-order valence-electron chi connectivity index (χ0n) is 34.1. The molecule has 9 nitrogen and oxygen atoms in total. The standard InChI is InChI=1S/C42H68O9/c1-23(2)33(44)48-27(32(37(10,11)47)50-35(46)25(5)6)21-26(7)41-20-19-40(14)39(13)18-15-29-36(8,9)30(43)16-17-38(29,12)31(39)28(22-42(40,41)51-41)49-34(45)24(3)4/h23-29,31-32,47H,15-22H2,1-14H3/t26-,27+,28+,29+,31+,32-,38+,39+,40-,41-,42-/m1/s1. The SMILES string of the molecule is CC(C)C(=O)O[C@@H](C[C@@H](C)[C@]12CC[C@@]3(C)[C@@]1(C[C@H](OC(=O)C(C)C)[C@H]1[C@@]4(C)CCC(=O)C(C)(C)[C@@H]4CC[C@@]13C)O2)[C@@H](OC(=O)C(C)C)C(C)(C)O. The van der Waals surface area contributed by atoms with Crippen LogP contribution >= 0.6 is 0 Å². The Morgan fingerprint density at radius 1 is 0.843 bits per heavy atom. The molecule has 1 saturated heterocycles. The Morgan fingerprint density at radius 2 is 1.41 bits per heavy atom. The molecule has 0 unspecified atom stereocenters. The molecule has 0 radical (unpaired) electrons. The Morgan fingerprint density at radius 3 is 1.96 bits per heavy atom. The lowest BCUT2D eigenvalue weighted by atomic mass is 9.34. The van der Waals surface area contributed by atoms with Crippen LogP contribution in [0.5, 0.6) is 0 Å². The summed E-state index contributed by atoms with van der Waals surface area (Å²) < 4.78 is 25.8. The quantitative estimate of drug-likeness (QED) is 0.130. The van der Waals surface area contributed by atoms with Crippen LogP contribution in [0.1, 0.15) is 148 Å². The van der Waals surface area contributed by atoms with Gasteiger partial charge in [0.25, 0.3) is 0 Å². The lowest BCUT2D eigenvalue weighted by molar-refractivity contribution is -0.249. The molecule has 0 aromatic carbocycles. The van der Waals surface area contributed by atoms with E-state index in [0.717, 1.165) is 32.1 Å². The molecule has 1 aliphatic heterocycles. The Bertz CT molecular complexity index is 1410. The van der Waals surface area contributed by atoms with Gasteiger partial charge in [0, 0.05) is 29.6 Å². The van der Waals surface area contributed by atoms with Gasteiger partial charge in [-0.1, -0.05) is 83.1 Å². The molecule has 9 heteroatoms. The van der Waals surface area contributed by atoms with Crippen LogP contribution in [0.15, 0.2) is 0 Å². The van der Waals surface area contributed by atoms with Gasteiger partial charge in [0.05, 0.1) is 23.4 Å². The van der Waals surface area contributed by atoms with Crippen molar-refractivity contribution in [1.29, 1.82) is 0 Å². The molecule has 4 saturated carbocycles. The molecule has 0 aromatic rings. The Hall–Kier alpha value is -2.00. The third-order valence-corrected chi connectivity index (χ3v) is 15.2. The predicted octanol–water partition coefficient (Wildman–Crippen LogP) is 7.63. The molecule has 1 spiro atoms. The maximum Gasteiger partial charge on any atom is 0.308 e. The molecule has 4 aliphatic carbocycles. The highest BCUT2D eigenvalue weighted by Crippen LogP contribution is 2.84. The van der Waals surface area contributed by atoms with Gasteiger partial charge >= 0.3 is 17.9 Å². The van der Waals surface area contributed by atoms with Gasteiger partial charge in [-0.25, -0.2) is 0 Å². The van der Waals surface area contributed by atoms with Crippen molar-refractivity contribution in [2.45, 2.75) is 183 Å². The Balaban J connectivity index is 1.55. The maximum absolute atomic E-state index is 13.5. The number of rotatable bonds is 11. The van der Waals surface area contributed by atoms with Crippen LogP contribution < -0.4 is 0 Å². The maximum atomic E-state index is 13.5. The summed E-state index contributed by atoms with van der Waals surface area (Å²) in [4.78, 5) is 52.9. The Kier molecular flexibility index (Phi) is 10.1. The van der Waals surface area contributed by atoms with Gasteiger partial charge in [0.15, 0.2) is 6.10 Å². The summed E-state index contributed by atoms with van der Waals surface area (Å²) >= 11 is 0. The minimum Gasteiger partial charge on any atom is -0.462 e. The summed E-state index contributed by atoms with van der Waals surface area (Å²) in [6.07, 6.45) is 3.43. The van der Waals surface area contributed by atoms with Crippen LogP contribution in [0.2, 0.25) is 0 Å². The lowest BCUT2D eigenvalue weighted by Gasteiger charge is -2.69. The van der Waals surface area contributed by atoms with Crippen molar-refractivity contribution in [3.8, 4) is 0 Å². The third-order valence-electron chi connectivity index (χ3n) is 15.2. The van der Waals surface area contributed by atoms with Crippen molar-refractivity contribution in [3.05, 3.63) is 0 Å². The van der Waals surface area contributed by atoms with E-state index in [1.54, 1.807) is 41.5 Å². The van der Waals surface area contributed by atoms with Crippen molar-refractivity contribution in [2.24, 2.45) is 57.2 Å². The fourth-order valence-corrected chi connectivity index (χ4v) is 12.2. The van der Waals surface area contributed by atoms with Crippen molar-refractivity contribution in [3.63, 3.8) is 0 Å². The van der Waals surface area contributed by atoms with E-state index in [2.05, 4.69) is 41.5 Å². The van der Waals surface area contributed by atoms with E-state index in [4.69, 9.17) is 18.9 Å². The van der Waals surface area contributed by atoms with E-state index in [1.165, 1.54) is 0 Å². The Labute approximate surface area is 307 Å². The second-order valence-electron chi connectivity index (χ2n) is 20.1. The largest absolute Gasteiger partial charge is 0.462 e. The molecule has 0 aromatic heterocycles. The highest BCUT2D eigenvalue weighted by atomic mass is 16.6. The van der Waals surface area contributed by atoms with Crippen molar-refractivity contribution in [1.82, 2.24) is 0 Å². The number of ketones is 1. The van der Waals surface area contributed by atoms with Crippen LogP contribution in [-0.4, -0.2) is 63.9 Å². The van der Waals surface area contributed by atoms with Crippen molar-refractivity contribution >= 4 is 23.7 Å². The van der Waals surface area contributed by atoms with Crippen LogP contribution in [0.25, 0.3) is 0 Å². The highest BCUT2D eigenvalue weighted by Gasteiger charge is 2.89. The highest BCUT2D eigenvalue weighted by molar-refractivity contribution is 5.85. The van der Waals surface area contributed by atoms with Gasteiger partial charge in [-0.2, -0.15) is 0 Å².